The summed E-state index contributed by atoms with van der Waals surface area (Å²) in [6.45, 7) is 0. The normalized spacial score (nSPS) is 11.3. The predicted molar refractivity (Wildman–Crippen MR) is 107 cm³/mol. The van der Waals surface area contributed by atoms with Gasteiger partial charge in [0.1, 0.15) is 22.8 Å². The molecule has 0 fully saturated rings. The fourth-order valence-electron chi connectivity index (χ4n) is 2.69. The van der Waals surface area contributed by atoms with Gasteiger partial charge in [0.2, 0.25) is 5.88 Å². The van der Waals surface area contributed by atoms with Gasteiger partial charge in [0.25, 0.3) is 0 Å². The zero-order chi connectivity index (χ0) is 18.6. The number of benzene rings is 3. The van der Waals surface area contributed by atoms with Crippen molar-refractivity contribution in [2.45, 2.75) is 0 Å². The van der Waals surface area contributed by atoms with Crippen LogP contribution in [0.3, 0.4) is 0 Å². The topological polar surface area (TPSA) is 78.3 Å². The van der Waals surface area contributed by atoms with E-state index in [1.807, 2.05) is 36.4 Å². The average molecular weight is 422 g/mol. The summed E-state index contributed by atoms with van der Waals surface area (Å²) in [6.07, 6.45) is 3.11. The third-order valence-electron chi connectivity index (χ3n) is 4.08. The minimum absolute atomic E-state index is 0. The van der Waals surface area contributed by atoms with Crippen molar-refractivity contribution in [1.29, 1.82) is 0 Å². The van der Waals surface area contributed by atoms with Gasteiger partial charge in [-0.25, -0.2) is 9.98 Å². The van der Waals surface area contributed by atoms with Crippen LogP contribution < -0.4 is 0 Å². The molecule has 4 aromatic rings. The smallest absolute Gasteiger partial charge is 0.246 e. The van der Waals surface area contributed by atoms with E-state index >= 15 is 0 Å². The third kappa shape index (κ3) is 4.02. The number of phenolic OH excluding ortho intramolecular Hbond substituents is 2. The van der Waals surface area contributed by atoms with Gasteiger partial charge in [-0.15, -0.1) is 0 Å². The number of aliphatic imine (C=N–C) groups is 2. The molecule has 0 saturated carbocycles. The SMILES string of the molecule is Oc1ccccc1C=Nc1c(/N=C/c2ccccc2O)oc2ccccc12.[Zn]. The molecule has 0 aliphatic rings. The van der Waals surface area contributed by atoms with Crippen LogP contribution in [0.5, 0.6) is 11.5 Å². The molecule has 0 unspecified atom stereocenters. The maximum Gasteiger partial charge on any atom is 0.246 e. The van der Waals surface area contributed by atoms with Crippen molar-refractivity contribution in [2.24, 2.45) is 9.98 Å². The number of hydrogen-bond donors (Lipinski definition) is 2. The zero-order valence-corrected chi connectivity index (χ0v) is 18.0. The van der Waals surface area contributed by atoms with Crippen LogP contribution in [0.4, 0.5) is 11.6 Å². The summed E-state index contributed by atoms with van der Waals surface area (Å²) in [4.78, 5) is 8.89. The molecule has 0 amide bonds. The van der Waals surface area contributed by atoms with Gasteiger partial charge in [0.15, 0.2) is 0 Å². The van der Waals surface area contributed by atoms with Gasteiger partial charge in [-0.1, -0.05) is 36.4 Å². The van der Waals surface area contributed by atoms with Crippen LogP contribution >= 0.6 is 0 Å². The molecule has 2 N–H and O–H groups in total. The quantitative estimate of drug-likeness (QED) is 0.345. The Morgan fingerprint density at radius 3 is 1.86 bits per heavy atom. The van der Waals surface area contributed by atoms with Crippen molar-refractivity contribution < 1.29 is 34.1 Å². The summed E-state index contributed by atoms with van der Waals surface area (Å²) in [6, 6.07) is 21.4. The number of nitrogens with zero attached hydrogens (tertiary/aromatic N) is 2. The second-order valence-corrected chi connectivity index (χ2v) is 5.89. The zero-order valence-electron chi connectivity index (χ0n) is 15.0. The van der Waals surface area contributed by atoms with E-state index in [0.717, 1.165) is 5.39 Å². The molecule has 5 nitrogen and oxygen atoms in total. The van der Waals surface area contributed by atoms with Gasteiger partial charge in [-0.05, 0) is 36.4 Å². The van der Waals surface area contributed by atoms with Gasteiger partial charge in [0, 0.05) is 48.4 Å². The summed E-state index contributed by atoms with van der Waals surface area (Å²) in [5.41, 5.74) is 2.39. The number of phenols is 2. The molecule has 0 radical (unpaired) electrons. The fraction of sp³-hybridized carbons (Fsp3) is 0. The van der Waals surface area contributed by atoms with Crippen LogP contribution in [0, 0.1) is 0 Å². The molecule has 3 aromatic carbocycles. The summed E-state index contributed by atoms with van der Waals surface area (Å²) in [7, 11) is 0. The molecule has 1 heterocycles. The van der Waals surface area contributed by atoms with Crippen molar-refractivity contribution in [2.75, 3.05) is 0 Å². The standard InChI is InChI=1S/C22H16N2O3.Zn/c25-18-10-4-1-7-15(18)13-23-21-17-9-3-6-12-20(17)27-22(21)24-14-16-8-2-5-11-19(16)26;/h1-14,25-26H;/b23-13?,24-14+;. The molecule has 134 valence electrons. The molecular weight excluding hydrogens is 406 g/mol. The summed E-state index contributed by atoms with van der Waals surface area (Å²) in [5.74, 6) is 0.607. The Bertz CT molecular complexity index is 1170. The van der Waals surface area contributed by atoms with E-state index in [4.69, 9.17) is 4.42 Å². The number of hydrogen-bond acceptors (Lipinski definition) is 5. The Morgan fingerprint density at radius 1 is 0.679 bits per heavy atom. The molecule has 0 atom stereocenters. The Hall–Kier alpha value is -3.24. The minimum Gasteiger partial charge on any atom is -0.507 e. The van der Waals surface area contributed by atoms with E-state index in [9.17, 15) is 10.2 Å². The van der Waals surface area contributed by atoms with Crippen LogP contribution in [0.15, 0.2) is 87.2 Å². The predicted octanol–water partition coefficient (Wildman–Crippen LogP) is 5.34. The number of rotatable bonds is 4. The van der Waals surface area contributed by atoms with Crippen LogP contribution in [-0.4, -0.2) is 22.6 Å². The van der Waals surface area contributed by atoms with Gasteiger partial charge < -0.3 is 14.6 Å². The summed E-state index contributed by atoms with van der Waals surface area (Å²) < 4.78 is 5.82. The second-order valence-electron chi connectivity index (χ2n) is 5.89. The first-order valence-corrected chi connectivity index (χ1v) is 8.38. The molecule has 0 spiro atoms. The maximum absolute atomic E-state index is 9.93. The average Bonchev–Trinajstić information content (AvgIpc) is 3.04. The monoisotopic (exact) mass is 420 g/mol. The molecule has 0 bridgehead atoms. The second kappa shape index (κ2) is 8.63. The Kier molecular flexibility index (Phi) is 6.02. The van der Waals surface area contributed by atoms with Gasteiger partial charge in [0.05, 0.1) is 0 Å². The van der Waals surface area contributed by atoms with Crippen LogP contribution in [0.2, 0.25) is 0 Å². The largest absolute Gasteiger partial charge is 0.507 e. The summed E-state index contributed by atoms with van der Waals surface area (Å²) in [5, 5.41) is 20.6. The maximum atomic E-state index is 9.93. The number of para-hydroxylation sites is 3. The molecular formula is C22H16N2O3Zn. The fourth-order valence-corrected chi connectivity index (χ4v) is 2.69. The molecule has 0 aliphatic heterocycles. The van der Waals surface area contributed by atoms with Gasteiger partial charge in [-0.3, -0.25) is 0 Å². The molecule has 0 aliphatic carbocycles. The first-order valence-electron chi connectivity index (χ1n) is 8.38. The molecule has 0 saturated heterocycles. The number of fused-ring (bicyclic) bond motifs is 1. The van der Waals surface area contributed by atoms with E-state index in [1.54, 1.807) is 42.6 Å². The van der Waals surface area contributed by atoms with E-state index in [2.05, 4.69) is 9.98 Å². The van der Waals surface area contributed by atoms with Crippen molar-refractivity contribution in [3.63, 3.8) is 0 Å². The van der Waals surface area contributed by atoms with E-state index in [0.29, 0.717) is 28.3 Å². The van der Waals surface area contributed by atoms with Crippen molar-refractivity contribution in [3.8, 4) is 11.5 Å². The van der Waals surface area contributed by atoms with Gasteiger partial charge in [-0.2, -0.15) is 0 Å². The van der Waals surface area contributed by atoms with Crippen LogP contribution in [0.1, 0.15) is 11.1 Å². The van der Waals surface area contributed by atoms with E-state index < -0.39 is 0 Å². The molecule has 1 aromatic heterocycles. The van der Waals surface area contributed by atoms with Gasteiger partial charge >= 0.3 is 0 Å². The van der Waals surface area contributed by atoms with E-state index in [-0.39, 0.29) is 31.0 Å². The summed E-state index contributed by atoms with van der Waals surface area (Å²) >= 11 is 0. The number of aromatic hydroxyl groups is 2. The molecule has 4 rings (SSSR count). The first-order chi connectivity index (χ1) is 13.2. The van der Waals surface area contributed by atoms with Crippen molar-refractivity contribution in [3.05, 3.63) is 83.9 Å². The Morgan fingerprint density at radius 2 is 1.21 bits per heavy atom. The van der Waals surface area contributed by atoms with Crippen molar-refractivity contribution in [1.82, 2.24) is 0 Å². The number of furan rings is 1. The first kappa shape index (κ1) is 19.5. The minimum atomic E-state index is 0. The third-order valence-corrected chi connectivity index (χ3v) is 4.08. The van der Waals surface area contributed by atoms with Crippen LogP contribution in [-0.2, 0) is 19.5 Å². The molecule has 28 heavy (non-hydrogen) atoms. The molecule has 6 heteroatoms. The van der Waals surface area contributed by atoms with Crippen molar-refractivity contribution >= 4 is 35.0 Å². The Labute approximate surface area is 174 Å². The van der Waals surface area contributed by atoms with E-state index in [1.165, 1.54) is 6.21 Å². The van der Waals surface area contributed by atoms with Crippen LogP contribution in [0.25, 0.3) is 11.0 Å². The Balaban J connectivity index is 0.00000225.